The maximum absolute atomic E-state index is 12.2. The number of amides is 1. The summed E-state index contributed by atoms with van der Waals surface area (Å²) in [6, 6.07) is 0.258. The Kier molecular flexibility index (Phi) is 3.54. The van der Waals surface area contributed by atoms with Gasteiger partial charge in [-0.2, -0.15) is 0 Å². The van der Waals surface area contributed by atoms with Crippen molar-refractivity contribution in [3.63, 3.8) is 0 Å². The van der Waals surface area contributed by atoms with E-state index in [2.05, 4.69) is 15.2 Å². The zero-order valence-corrected chi connectivity index (χ0v) is 12.5. The Bertz CT molecular complexity index is 499. The van der Waals surface area contributed by atoms with E-state index in [0.29, 0.717) is 17.3 Å². The standard InChI is InChI=1S/C15H23N3O2/c1-9(2)15-16-10(3)13(20-15)14(19)17-12-7-18(8-12)6-11-4-5-11/h9,11-12H,4-8H2,1-3H3,(H,17,19). The lowest BCUT2D eigenvalue weighted by atomic mass is 10.1. The van der Waals surface area contributed by atoms with Gasteiger partial charge in [0.15, 0.2) is 5.89 Å². The quantitative estimate of drug-likeness (QED) is 0.893. The lowest BCUT2D eigenvalue weighted by Crippen LogP contribution is -2.59. The molecule has 110 valence electrons. The number of nitrogens with one attached hydrogen (secondary N) is 1. The van der Waals surface area contributed by atoms with Gasteiger partial charge >= 0.3 is 0 Å². The molecule has 1 aliphatic heterocycles. The highest BCUT2D eigenvalue weighted by molar-refractivity contribution is 5.92. The molecule has 1 amide bonds. The van der Waals surface area contributed by atoms with Crippen LogP contribution in [0.2, 0.25) is 0 Å². The first-order valence-corrected chi connectivity index (χ1v) is 7.53. The van der Waals surface area contributed by atoms with E-state index in [1.54, 1.807) is 0 Å². The number of carbonyl (C=O) groups excluding carboxylic acids is 1. The van der Waals surface area contributed by atoms with E-state index >= 15 is 0 Å². The van der Waals surface area contributed by atoms with E-state index in [9.17, 15) is 4.79 Å². The zero-order chi connectivity index (χ0) is 14.3. The van der Waals surface area contributed by atoms with Crippen LogP contribution >= 0.6 is 0 Å². The van der Waals surface area contributed by atoms with Crippen LogP contribution < -0.4 is 5.32 Å². The van der Waals surface area contributed by atoms with E-state index in [1.165, 1.54) is 19.4 Å². The summed E-state index contributed by atoms with van der Waals surface area (Å²) in [5.74, 6) is 1.99. The van der Waals surface area contributed by atoms with Gasteiger partial charge in [-0.3, -0.25) is 9.69 Å². The first kappa shape index (κ1) is 13.6. The van der Waals surface area contributed by atoms with Crippen LogP contribution in [0.15, 0.2) is 4.42 Å². The molecule has 2 heterocycles. The van der Waals surface area contributed by atoms with Crippen LogP contribution in [0.3, 0.4) is 0 Å². The molecule has 1 aromatic heterocycles. The number of likely N-dealkylation sites (tertiary alicyclic amines) is 1. The number of rotatable bonds is 5. The van der Waals surface area contributed by atoms with E-state index < -0.39 is 0 Å². The van der Waals surface area contributed by atoms with Crippen molar-refractivity contribution in [1.82, 2.24) is 15.2 Å². The monoisotopic (exact) mass is 277 g/mol. The summed E-state index contributed by atoms with van der Waals surface area (Å²) in [6.45, 7) is 8.97. The maximum atomic E-state index is 12.2. The summed E-state index contributed by atoms with van der Waals surface area (Å²) < 4.78 is 5.57. The molecule has 2 aliphatic rings. The maximum Gasteiger partial charge on any atom is 0.289 e. The Hall–Kier alpha value is -1.36. The highest BCUT2D eigenvalue weighted by Crippen LogP contribution is 2.31. The summed E-state index contributed by atoms with van der Waals surface area (Å²) in [4.78, 5) is 18.9. The molecule has 0 atom stereocenters. The second-order valence-corrected chi connectivity index (χ2v) is 6.45. The highest BCUT2D eigenvalue weighted by Gasteiger charge is 2.33. The lowest BCUT2D eigenvalue weighted by molar-refractivity contribution is 0.0774. The summed E-state index contributed by atoms with van der Waals surface area (Å²) in [5, 5.41) is 3.04. The molecule has 1 N–H and O–H groups in total. The second-order valence-electron chi connectivity index (χ2n) is 6.45. The van der Waals surface area contributed by atoms with Crippen molar-refractivity contribution in [2.24, 2.45) is 5.92 Å². The molecule has 0 radical (unpaired) electrons. The van der Waals surface area contributed by atoms with Crippen LogP contribution in [0.5, 0.6) is 0 Å². The van der Waals surface area contributed by atoms with Gasteiger partial charge in [0.2, 0.25) is 5.76 Å². The van der Waals surface area contributed by atoms with E-state index in [0.717, 1.165) is 19.0 Å². The second kappa shape index (κ2) is 5.20. The molecule has 1 aliphatic carbocycles. The van der Waals surface area contributed by atoms with Gasteiger partial charge in [0.1, 0.15) is 0 Å². The number of carbonyl (C=O) groups is 1. The molecule has 3 rings (SSSR count). The molecule has 0 unspecified atom stereocenters. The Morgan fingerprint density at radius 1 is 1.45 bits per heavy atom. The molecule has 1 saturated heterocycles. The fourth-order valence-corrected chi connectivity index (χ4v) is 2.60. The van der Waals surface area contributed by atoms with Gasteiger partial charge in [-0.1, -0.05) is 13.8 Å². The SMILES string of the molecule is Cc1nc(C(C)C)oc1C(=O)NC1CN(CC2CC2)C1. The van der Waals surface area contributed by atoms with Crippen molar-refractivity contribution in [3.8, 4) is 0 Å². The van der Waals surface area contributed by atoms with Crippen molar-refractivity contribution in [3.05, 3.63) is 17.3 Å². The van der Waals surface area contributed by atoms with Crippen LogP contribution in [0.25, 0.3) is 0 Å². The number of aromatic nitrogens is 1. The summed E-state index contributed by atoms with van der Waals surface area (Å²) >= 11 is 0. The van der Waals surface area contributed by atoms with Crippen molar-refractivity contribution >= 4 is 5.91 Å². The van der Waals surface area contributed by atoms with Gasteiger partial charge in [0.25, 0.3) is 5.91 Å². The Labute approximate surface area is 119 Å². The van der Waals surface area contributed by atoms with Crippen molar-refractivity contribution in [2.75, 3.05) is 19.6 Å². The van der Waals surface area contributed by atoms with Crippen LogP contribution in [-0.2, 0) is 0 Å². The number of oxazole rings is 1. The fraction of sp³-hybridized carbons (Fsp3) is 0.733. The third kappa shape index (κ3) is 2.87. The minimum absolute atomic E-state index is 0.127. The molecule has 0 bridgehead atoms. The third-order valence-electron chi connectivity index (χ3n) is 4.02. The number of hydrogen-bond acceptors (Lipinski definition) is 4. The molecule has 0 aromatic carbocycles. The minimum atomic E-state index is -0.127. The normalized spacial score (nSPS) is 20.2. The Morgan fingerprint density at radius 3 is 2.70 bits per heavy atom. The average molecular weight is 277 g/mol. The molecular weight excluding hydrogens is 254 g/mol. The van der Waals surface area contributed by atoms with E-state index in [4.69, 9.17) is 4.42 Å². The minimum Gasteiger partial charge on any atom is -0.435 e. The summed E-state index contributed by atoms with van der Waals surface area (Å²) in [5.41, 5.74) is 0.681. The molecule has 2 fully saturated rings. The Morgan fingerprint density at radius 2 is 2.15 bits per heavy atom. The van der Waals surface area contributed by atoms with Crippen LogP contribution in [0, 0.1) is 12.8 Å². The van der Waals surface area contributed by atoms with Gasteiger partial charge in [-0.25, -0.2) is 4.98 Å². The molecule has 1 saturated carbocycles. The van der Waals surface area contributed by atoms with Crippen molar-refractivity contribution < 1.29 is 9.21 Å². The smallest absolute Gasteiger partial charge is 0.289 e. The van der Waals surface area contributed by atoms with Crippen LogP contribution in [-0.4, -0.2) is 41.5 Å². The molecule has 5 nitrogen and oxygen atoms in total. The largest absolute Gasteiger partial charge is 0.435 e. The fourth-order valence-electron chi connectivity index (χ4n) is 2.60. The molecule has 1 aromatic rings. The highest BCUT2D eigenvalue weighted by atomic mass is 16.4. The molecule has 5 heteroatoms. The first-order valence-electron chi connectivity index (χ1n) is 7.53. The van der Waals surface area contributed by atoms with E-state index in [-0.39, 0.29) is 17.9 Å². The van der Waals surface area contributed by atoms with Gasteiger partial charge in [0.05, 0.1) is 11.7 Å². The van der Waals surface area contributed by atoms with Crippen molar-refractivity contribution in [2.45, 2.75) is 45.6 Å². The van der Waals surface area contributed by atoms with Crippen molar-refractivity contribution in [1.29, 1.82) is 0 Å². The number of aryl methyl sites for hydroxylation is 1. The average Bonchev–Trinajstić information content (AvgIpc) is 3.07. The van der Waals surface area contributed by atoms with E-state index in [1.807, 2.05) is 20.8 Å². The Balaban J connectivity index is 1.52. The topological polar surface area (TPSA) is 58.4 Å². The predicted octanol–water partition coefficient (Wildman–Crippen LogP) is 1.93. The van der Waals surface area contributed by atoms with Gasteiger partial charge in [-0.15, -0.1) is 0 Å². The summed E-state index contributed by atoms with van der Waals surface area (Å²) in [6.07, 6.45) is 2.76. The summed E-state index contributed by atoms with van der Waals surface area (Å²) in [7, 11) is 0. The number of nitrogens with zero attached hydrogens (tertiary/aromatic N) is 2. The van der Waals surface area contributed by atoms with Gasteiger partial charge < -0.3 is 9.73 Å². The lowest BCUT2D eigenvalue weighted by Gasteiger charge is -2.39. The predicted molar refractivity (Wildman–Crippen MR) is 75.7 cm³/mol. The van der Waals surface area contributed by atoms with Crippen LogP contribution in [0.4, 0.5) is 0 Å². The molecule has 20 heavy (non-hydrogen) atoms. The first-order chi connectivity index (χ1) is 9.52. The van der Waals surface area contributed by atoms with Crippen LogP contribution in [0.1, 0.15) is 54.7 Å². The van der Waals surface area contributed by atoms with Gasteiger partial charge in [-0.05, 0) is 25.7 Å². The molecular formula is C15H23N3O2. The molecule has 0 spiro atoms. The van der Waals surface area contributed by atoms with Gasteiger partial charge in [0, 0.05) is 25.6 Å². The third-order valence-corrected chi connectivity index (χ3v) is 4.02. The number of hydrogen-bond donors (Lipinski definition) is 1. The zero-order valence-electron chi connectivity index (χ0n) is 12.5.